The lowest BCUT2D eigenvalue weighted by Gasteiger charge is -2.31. The predicted molar refractivity (Wildman–Crippen MR) is 114 cm³/mol. The number of hydrogen-bond acceptors (Lipinski definition) is 5. The van der Waals surface area contributed by atoms with E-state index in [0.717, 1.165) is 45.6 Å². The van der Waals surface area contributed by atoms with Crippen LogP contribution in [0.5, 0.6) is 0 Å². The third-order valence-corrected chi connectivity index (χ3v) is 4.84. The summed E-state index contributed by atoms with van der Waals surface area (Å²) >= 11 is 0. The molecule has 1 aliphatic heterocycles. The zero-order chi connectivity index (χ0) is 20.5. The second kappa shape index (κ2) is 11.0. The Morgan fingerprint density at radius 2 is 2.00 bits per heavy atom. The van der Waals surface area contributed by atoms with E-state index in [0.29, 0.717) is 30.0 Å². The van der Waals surface area contributed by atoms with E-state index in [9.17, 15) is 9.59 Å². The largest absolute Gasteiger partial charge is 0.353 e. The molecule has 156 valence electrons. The minimum absolute atomic E-state index is 0.0167. The fraction of sp³-hybridized carbons (Fsp3) is 0.667. The van der Waals surface area contributed by atoms with Gasteiger partial charge in [-0.1, -0.05) is 27.2 Å². The number of nitrogens with one attached hydrogen (secondary N) is 2. The molecule has 1 saturated heterocycles. The second-order valence-electron chi connectivity index (χ2n) is 7.72. The molecule has 0 atom stereocenters. The van der Waals surface area contributed by atoms with Gasteiger partial charge in [-0.15, -0.1) is 0 Å². The summed E-state index contributed by atoms with van der Waals surface area (Å²) in [7, 11) is 0. The molecule has 1 aliphatic rings. The monoisotopic (exact) mass is 389 g/mol. The minimum atomic E-state index is -0.0524. The summed E-state index contributed by atoms with van der Waals surface area (Å²) in [5.74, 6) is 0.919. The first kappa shape index (κ1) is 22.1. The molecule has 7 nitrogen and oxygen atoms in total. The van der Waals surface area contributed by atoms with Crippen molar-refractivity contribution in [3.05, 3.63) is 17.8 Å². The number of carbonyl (C=O) groups excluding carboxylic acids is 2. The van der Waals surface area contributed by atoms with Gasteiger partial charge in [0.15, 0.2) is 0 Å². The lowest BCUT2D eigenvalue weighted by Crippen LogP contribution is -2.45. The highest BCUT2D eigenvalue weighted by Gasteiger charge is 2.24. The minimum Gasteiger partial charge on any atom is -0.353 e. The van der Waals surface area contributed by atoms with Gasteiger partial charge in [0.1, 0.15) is 5.82 Å². The Morgan fingerprint density at radius 3 is 2.61 bits per heavy atom. The first-order valence-electron chi connectivity index (χ1n) is 10.5. The Hall–Kier alpha value is -2.15. The van der Waals surface area contributed by atoms with E-state index < -0.39 is 0 Å². The highest BCUT2D eigenvalue weighted by atomic mass is 16.2. The molecule has 2 amide bonds. The SMILES string of the molecule is CCCCN(CC)C(=O)c1cc(NC(=O)CC(C)C)cnc1N1CCNCC1. The van der Waals surface area contributed by atoms with Crippen LogP contribution in [0.3, 0.4) is 0 Å². The smallest absolute Gasteiger partial charge is 0.257 e. The average molecular weight is 390 g/mol. The number of anilines is 2. The number of unbranched alkanes of at least 4 members (excludes halogenated alkanes) is 1. The van der Waals surface area contributed by atoms with E-state index in [1.807, 2.05) is 25.7 Å². The Bertz CT molecular complexity index is 656. The number of carbonyl (C=O) groups is 2. The van der Waals surface area contributed by atoms with Gasteiger partial charge in [-0.2, -0.15) is 0 Å². The molecule has 0 unspecified atom stereocenters. The van der Waals surface area contributed by atoms with E-state index in [2.05, 4.69) is 27.4 Å². The van der Waals surface area contributed by atoms with Crippen LogP contribution in [0, 0.1) is 5.92 Å². The topological polar surface area (TPSA) is 77.6 Å². The summed E-state index contributed by atoms with van der Waals surface area (Å²) in [6.45, 7) is 12.9. The van der Waals surface area contributed by atoms with E-state index in [1.54, 1.807) is 12.3 Å². The van der Waals surface area contributed by atoms with E-state index in [1.165, 1.54) is 0 Å². The molecular formula is C21H35N5O2. The Labute approximate surface area is 168 Å². The van der Waals surface area contributed by atoms with Crippen LogP contribution in [0.4, 0.5) is 11.5 Å². The van der Waals surface area contributed by atoms with Crippen molar-refractivity contribution in [2.45, 2.75) is 47.0 Å². The van der Waals surface area contributed by atoms with Gasteiger partial charge in [-0.3, -0.25) is 9.59 Å². The van der Waals surface area contributed by atoms with Gasteiger partial charge in [-0.25, -0.2) is 4.98 Å². The fourth-order valence-corrected chi connectivity index (χ4v) is 3.32. The standard InChI is InChI=1S/C21H35N5O2/c1-5-7-10-25(6-2)21(28)18-14-17(24-19(27)13-16(3)4)15-23-20(18)26-11-8-22-9-12-26/h14-16,22H,5-13H2,1-4H3,(H,24,27). The number of rotatable bonds is 9. The predicted octanol–water partition coefficient (Wildman–Crippen LogP) is 2.74. The zero-order valence-electron chi connectivity index (χ0n) is 17.8. The van der Waals surface area contributed by atoms with Crippen molar-refractivity contribution >= 4 is 23.3 Å². The molecule has 0 aliphatic carbocycles. The lowest BCUT2D eigenvalue weighted by atomic mass is 10.1. The van der Waals surface area contributed by atoms with Crippen molar-refractivity contribution in [3.63, 3.8) is 0 Å². The molecular weight excluding hydrogens is 354 g/mol. The normalized spacial score (nSPS) is 14.2. The molecule has 1 aromatic heterocycles. The zero-order valence-corrected chi connectivity index (χ0v) is 17.8. The molecule has 0 saturated carbocycles. The van der Waals surface area contributed by atoms with Crippen molar-refractivity contribution in [1.82, 2.24) is 15.2 Å². The maximum absolute atomic E-state index is 13.3. The van der Waals surface area contributed by atoms with Crippen LogP contribution >= 0.6 is 0 Å². The molecule has 0 radical (unpaired) electrons. The molecule has 28 heavy (non-hydrogen) atoms. The van der Waals surface area contributed by atoms with Crippen LogP contribution in [-0.4, -0.2) is 61.0 Å². The Kier molecular flexibility index (Phi) is 8.70. The average Bonchev–Trinajstić information content (AvgIpc) is 2.68. The number of piperazine rings is 1. The molecule has 2 heterocycles. The molecule has 0 bridgehead atoms. The summed E-state index contributed by atoms with van der Waals surface area (Å²) in [4.78, 5) is 34.1. The van der Waals surface area contributed by atoms with Crippen LogP contribution < -0.4 is 15.5 Å². The number of pyridine rings is 1. The fourth-order valence-electron chi connectivity index (χ4n) is 3.32. The van der Waals surface area contributed by atoms with Gasteiger partial charge in [0.25, 0.3) is 5.91 Å². The number of aromatic nitrogens is 1. The lowest BCUT2D eigenvalue weighted by molar-refractivity contribution is -0.116. The van der Waals surface area contributed by atoms with E-state index in [-0.39, 0.29) is 17.7 Å². The summed E-state index contributed by atoms with van der Waals surface area (Å²) in [6, 6.07) is 1.79. The highest BCUT2D eigenvalue weighted by Crippen LogP contribution is 2.24. The van der Waals surface area contributed by atoms with Gasteiger partial charge in [0.05, 0.1) is 17.4 Å². The molecule has 1 fully saturated rings. The van der Waals surface area contributed by atoms with E-state index >= 15 is 0 Å². The van der Waals surface area contributed by atoms with Crippen LogP contribution in [0.2, 0.25) is 0 Å². The molecule has 7 heteroatoms. The Balaban J connectivity index is 2.31. The number of hydrogen-bond donors (Lipinski definition) is 2. The van der Waals surface area contributed by atoms with Crippen LogP contribution in [0.25, 0.3) is 0 Å². The molecule has 2 N–H and O–H groups in total. The van der Waals surface area contributed by atoms with Gasteiger partial charge in [-0.05, 0) is 25.3 Å². The van der Waals surface area contributed by atoms with Crippen molar-refractivity contribution in [1.29, 1.82) is 0 Å². The van der Waals surface area contributed by atoms with Gasteiger partial charge >= 0.3 is 0 Å². The molecule has 2 rings (SSSR count). The maximum atomic E-state index is 13.3. The molecule has 0 aromatic carbocycles. The van der Waals surface area contributed by atoms with Crippen LogP contribution in [0.1, 0.15) is 57.3 Å². The summed E-state index contributed by atoms with van der Waals surface area (Å²) in [5, 5.41) is 6.22. The van der Waals surface area contributed by atoms with Crippen molar-refractivity contribution in [3.8, 4) is 0 Å². The first-order chi connectivity index (χ1) is 13.5. The first-order valence-corrected chi connectivity index (χ1v) is 10.5. The van der Waals surface area contributed by atoms with Crippen molar-refractivity contribution < 1.29 is 9.59 Å². The summed E-state index contributed by atoms with van der Waals surface area (Å²) in [5.41, 5.74) is 1.15. The third kappa shape index (κ3) is 6.19. The third-order valence-electron chi connectivity index (χ3n) is 4.84. The Morgan fingerprint density at radius 1 is 1.29 bits per heavy atom. The van der Waals surface area contributed by atoms with E-state index in [4.69, 9.17) is 0 Å². The molecule has 1 aromatic rings. The quantitative estimate of drug-likeness (QED) is 0.679. The van der Waals surface area contributed by atoms with Crippen molar-refractivity contribution in [2.24, 2.45) is 5.92 Å². The summed E-state index contributed by atoms with van der Waals surface area (Å²) in [6.07, 6.45) is 4.12. The maximum Gasteiger partial charge on any atom is 0.257 e. The van der Waals surface area contributed by atoms with Gasteiger partial charge in [0.2, 0.25) is 5.91 Å². The van der Waals surface area contributed by atoms with Gasteiger partial charge in [0, 0.05) is 45.7 Å². The van der Waals surface area contributed by atoms with Gasteiger partial charge < -0.3 is 20.4 Å². The highest BCUT2D eigenvalue weighted by molar-refractivity contribution is 6.01. The second-order valence-corrected chi connectivity index (χ2v) is 7.72. The summed E-state index contributed by atoms with van der Waals surface area (Å²) < 4.78 is 0. The van der Waals surface area contributed by atoms with Crippen LogP contribution in [0.15, 0.2) is 12.3 Å². The molecule has 0 spiro atoms. The van der Waals surface area contributed by atoms with Crippen LogP contribution in [-0.2, 0) is 4.79 Å². The number of amides is 2. The number of nitrogens with zero attached hydrogens (tertiary/aromatic N) is 3. The van der Waals surface area contributed by atoms with Crippen molar-refractivity contribution in [2.75, 3.05) is 49.5 Å².